The third kappa shape index (κ3) is 2.11. The SMILES string of the molecule is CCC(C)n1c(=O)n(CCN)c(=O)c2c1nc(C1CC1)n2C. The van der Waals surface area contributed by atoms with Gasteiger partial charge >= 0.3 is 5.69 Å². The largest absolute Gasteiger partial charge is 0.333 e. The van der Waals surface area contributed by atoms with Gasteiger partial charge in [-0.05, 0) is 26.2 Å². The fourth-order valence-corrected chi connectivity index (χ4v) is 2.96. The molecule has 7 heteroatoms. The molecule has 1 aliphatic rings. The van der Waals surface area contributed by atoms with E-state index in [9.17, 15) is 9.59 Å². The van der Waals surface area contributed by atoms with Gasteiger partial charge in [-0.2, -0.15) is 0 Å². The third-order valence-electron chi connectivity index (χ3n) is 4.55. The lowest BCUT2D eigenvalue weighted by Gasteiger charge is -2.16. The molecule has 0 spiro atoms. The molecule has 120 valence electrons. The van der Waals surface area contributed by atoms with Gasteiger partial charge in [0, 0.05) is 32.1 Å². The smallest absolute Gasteiger partial charge is 0.329 e. The highest BCUT2D eigenvalue weighted by Gasteiger charge is 2.31. The Labute approximate surface area is 128 Å². The molecule has 1 saturated carbocycles. The van der Waals surface area contributed by atoms with E-state index in [1.54, 1.807) is 4.57 Å². The molecule has 0 aromatic carbocycles. The highest BCUT2D eigenvalue weighted by Crippen LogP contribution is 2.39. The lowest BCUT2D eigenvalue weighted by molar-refractivity contribution is 0.485. The van der Waals surface area contributed by atoms with Gasteiger partial charge < -0.3 is 10.3 Å². The second-order valence-electron chi connectivity index (χ2n) is 6.13. The summed E-state index contributed by atoms with van der Waals surface area (Å²) in [6.45, 7) is 4.48. The van der Waals surface area contributed by atoms with E-state index in [0.29, 0.717) is 17.1 Å². The van der Waals surface area contributed by atoms with Crippen LogP contribution in [0.15, 0.2) is 9.59 Å². The van der Waals surface area contributed by atoms with Crippen molar-refractivity contribution in [3.63, 3.8) is 0 Å². The summed E-state index contributed by atoms with van der Waals surface area (Å²) in [6.07, 6.45) is 2.99. The minimum absolute atomic E-state index is 0.0124. The van der Waals surface area contributed by atoms with Gasteiger partial charge in [-0.1, -0.05) is 6.92 Å². The summed E-state index contributed by atoms with van der Waals surface area (Å²) in [7, 11) is 1.86. The summed E-state index contributed by atoms with van der Waals surface area (Å²) < 4.78 is 4.76. The van der Waals surface area contributed by atoms with Crippen LogP contribution >= 0.6 is 0 Å². The predicted octanol–water partition coefficient (Wildman–Crippen LogP) is 0.704. The van der Waals surface area contributed by atoms with E-state index >= 15 is 0 Å². The maximum Gasteiger partial charge on any atom is 0.333 e. The van der Waals surface area contributed by atoms with E-state index in [-0.39, 0.29) is 30.4 Å². The number of hydrogen-bond donors (Lipinski definition) is 1. The number of aromatic nitrogens is 4. The quantitative estimate of drug-likeness (QED) is 0.881. The van der Waals surface area contributed by atoms with E-state index < -0.39 is 0 Å². The van der Waals surface area contributed by atoms with Crippen molar-refractivity contribution >= 4 is 11.2 Å². The third-order valence-corrected chi connectivity index (χ3v) is 4.55. The normalized spacial score (nSPS) is 16.4. The molecule has 3 rings (SSSR count). The Balaban J connectivity index is 2.41. The van der Waals surface area contributed by atoms with Gasteiger partial charge in [-0.15, -0.1) is 0 Å². The average Bonchev–Trinajstić information content (AvgIpc) is 3.27. The van der Waals surface area contributed by atoms with Crippen LogP contribution in [0.1, 0.15) is 50.9 Å². The van der Waals surface area contributed by atoms with Gasteiger partial charge in [0.05, 0.1) is 0 Å². The summed E-state index contributed by atoms with van der Waals surface area (Å²) in [5.74, 6) is 1.33. The van der Waals surface area contributed by atoms with Gasteiger partial charge in [0.2, 0.25) is 0 Å². The number of rotatable bonds is 5. The minimum Gasteiger partial charge on any atom is -0.329 e. The van der Waals surface area contributed by atoms with Crippen molar-refractivity contribution < 1.29 is 0 Å². The zero-order valence-corrected chi connectivity index (χ0v) is 13.4. The molecule has 0 saturated heterocycles. The summed E-state index contributed by atoms with van der Waals surface area (Å²) >= 11 is 0. The van der Waals surface area contributed by atoms with E-state index in [4.69, 9.17) is 5.73 Å². The molecule has 1 aliphatic carbocycles. The highest BCUT2D eigenvalue weighted by molar-refractivity contribution is 5.71. The molecule has 2 aromatic rings. The molecule has 22 heavy (non-hydrogen) atoms. The second-order valence-corrected chi connectivity index (χ2v) is 6.13. The van der Waals surface area contributed by atoms with Crippen LogP contribution in [-0.4, -0.2) is 25.2 Å². The van der Waals surface area contributed by atoms with Crippen molar-refractivity contribution in [1.82, 2.24) is 18.7 Å². The van der Waals surface area contributed by atoms with Crippen LogP contribution in [0, 0.1) is 0 Å². The number of imidazole rings is 1. The molecule has 1 atom stereocenters. The average molecular weight is 305 g/mol. The van der Waals surface area contributed by atoms with Crippen molar-refractivity contribution in [2.45, 2.75) is 51.6 Å². The Bertz CT molecular complexity index is 825. The van der Waals surface area contributed by atoms with Gasteiger partial charge in [0.1, 0.15) is 5.82 Å². The lowest BCUT2D eigenvalue weighted by atomic mass is 10.2. The zero-order chi connectivity index (χ0) is 16.0. The molecule has 7 nitrogen and oxygen atoms in total. The van der Waals surface area contributed by atoms with Gasteiger partial charge in [0.15, 0.2) is 11.2 Å². The number of aryl methyl sites for hydroxylation is 1. The first-order valence-corrected chi connectivity index (χ1v) is 7.92. The Hall–Kier alpha value is -1.89. The minimum atomic E-state index is -0.308. The number of nitrogens with zero attached hydrogens (tertiary/aromatic N) is 4. The van der Waals surface area contributed by atoms with Crippen molar-refractivity contribution in [1.29, 1.82) is 0 Å². The molecule has 2 N–H and O–H groups in total. The molecule has 1 unspecified atom stereocenters. The maximum atomic E-state index is 12.7. The maximum absolute atomic E-state index is 12.7. The molecule has 1 fully saturated rings. The van der Waals surface area contributed by atoms with Crippen LogP contribution in [0.5, 0.6) is 0 Å². The second kappa shape index (κ2) is 5.39. The fraction of sp³-hybridized carbons (Fsp3) is 0.667. The highest BCUT2D eigenvalue weighted by atomic mass is 16.2. The lowest BCUT2D eigenvalue weighted by Crippen LogP contribution is -2.42. The number of hydrogen-bond acceptors (Lipinski definition) is 4. The molecule has 2 heterocycles. The van der Waals surface area contributed by atoms with Crippen molar-refractivity contribution in [2.75, 3.05) is 6.54 Å². The summed E-state index contributed by atoms with van der Waals surface area (Å²) in [4.78, 5) is 30.1. The van der Waals surface area contributed by atoms with Crippen LogP contribution in [0.25, 0.3) is 11.2 Å². The van der Waals surface area contributed by atoms with E-state index in [0.717, 1.165) is 25.1 Å². The van der Waals surface area contributed by atoms with Crippen LogP contribution in [0.4, 0.5) is 0 Å². The van der Waals surface area contributed by atoms with Gasteiger partial charge in [-0.3, -0.25) is 13.9 Å². The molecule has 2 aromatic heterocycles. The monoisotopic (exact) mass is 305 g/mol. The molecule has 0 radical (unpaired) electrons. The van der Waals surface area contributed by atoms with Crippen molar-refractivity contribution in [2.24, 2.45) is 12.8 Å². The number of nitrogens with two attached hydrogens (primary N) is 1. The van der Waals surface area contributed by atoms with Crippen LogP contribution in [0.3, 0.4) is 0 Å². The van der Waals surface area contributed by atoms with E-state index in [1.165, 1.54) is 4.57 Å². The van der Waals surface area contributed by atoms with Gasteiger partial charge in [0.25, 0.3) is 5.56 Å². The Kier molecular flexibility index (Phi) is 3.68. The topological polar surface area (TPSA) is 87.8 Å². The summed E-state index contributed by atoms with van der Waals surface area (Å²) in [6, 6.07) is -0.0124. The Morgan fingerprint density at radius 1 is 1.36 bits per heavy atom. The summed E-state index contributed by atoms with van der Waals surface area (Å²) in [5, 5.41) is 0. The Morgan fingerprint density at radius 2 is 2.05 bits per heavy atom. The Morgan fingerprint density at radius 3 is 2.59 bits per heavy atom. The fourth-order valence-electron chi connectivity index (χ4n) is 2.96. The van der Waals surface area contributed by atoms with Crippen LogP contribution in [0.2, 0.25) is 0 Å². The molecular weight excluding hydrogens is 282 g/mol. The van der Waals surface area contributed by atoms with Crippen LogP contribution in [-0.2, 0) is 13.6 Å². The molecule has 0 aliphatic heterocycles. The molecular formula is C15H23N5O2. The van der Waals surface area contributed by atoms with E-state index in [2.05, 4.69) is 4.98 Å². The zero-order valence-electron chi connectivity index (χ0n) is 13.4. The van der Waals surface area contributed by atoms with Crippen molar-refractivity contribution in [3.8, 4) is 0 Å². The number of fused-ring (bicyclic) bond motifs is 1. The molecule has 0 bridgehead atoms. The summed E-state index contributed by atoms with van der Waals surface area (Å²) in [5.41, 5.74) is 6.00. The van der Waals surface area contributed by atoms with E-state index in [1.807, 2.05) is 25.5 Å². The molecule has 0 amide bonds. The standard InChI is InChI=1S/C15H23N5O2/c1-4-9(2)20-13-11(14(21)19(8-7-16)15(20)22)18(3)12(17-13)10-5-6-10/h9-10H,4-8,16H2,1-3H3. The van der Waals surface area contributed by atoms with Crippen molar-refractivity contribution in [3.05, 3.63) is 26.7 Å². The first-order valence-electron chi connectivity index (χ1n) is 7.92. The first-order chi connectivity index (χ1) is 10.5. The first kappa shape index (κ1) is 15.0. The van der Waals surface area contributed by atoms with Crippen LogP contribution < -0.4 is 17.0 Å². The van der Waals surface area contributed by atoms with Gasteiger partial charge in [-0.25, -0.2) is 9.78 Å². The predicted molar refractivity (Wildman–Crippen MR) is 85.3 cm³/mol.